The average molecular weight is 248 g/mol. The van der Waals surface area contributed by atoms with Crippen LogP contribution in [0.3, 0.4) is 0 Å². The van der Waals surface area contributed by atoms with E-state index in [-0.39, 0.29) is 0 Å². The van der Waals surface area contributed by atoms with Crippen LogP contribution in [0.2, 0.25) is 0 Å². The van der Waals surface area contributed by atoms with E-state index in [9.17, 15) is 9.90 Å². The number of rotatable bonds is 3. The second kappa shape index (κ2) is 5.50. The number of nitrogens with zero attached hydrogens (tertiary/aromatic N) is 2. The normalized spacial score (nSPS) is 22.0. The molecule has 1 aliphatic rings. The van der Waals surface area contributed by atoms with Crippen LogP contribution in [-0.4, -0.2) is 53.6 Å². The Morgan fingerprint density at radius 1 is 1.33 bits per heavy atom. The van der Waals surface area contributed by atoms with Crippen LogP contribution in [0, 0.1) is 6.92 Å². The third kappa shape index (κ3) is 3.09. The molecular formula is C14H20N2O2. The predicted molar refractivity (Wildman–Crippen MR) is 70.5 cm³/mol. The Balaban J connectivity index is 2.06. The van der Waals surface area contributed by atoms with Gasteiger partial charge in [-0.15, -0.1) is 0 Å². The van der Waals surface area contributed by atoms with Gasteiger partial charge in [0.25, 0.3) is 0 Å². The summed E-state index contributed by atoms with van der Waals surface area (Å²) in [5, 5.41) is 9.28. The maximum absolute atomic E-state index is 11.3. The molecule has 98 valence electrons. The van der Waals surface area contributed by atoms with Gasteiger partial charge in [0.05, 0.1) is 0 Å². The summed E-state index contributed by atoms with van der Waals surface area (Å²) in [7, 11) is 1.97. The van der Waals surface area contributed by atoms with Gasteiger partial charge in [-0.05, 0) is 19.5 Å². The van der Waals surface area contributed by atoms with E-state index in [2.05, 4.69) is 36.1 Å². The SMILES string of the molecule is Cc1ccc(CN2CCN(C)CC2C(=O)O)cc1. The van der Waals surface area contributed by atoms with E-state index in [1.165, 1.54) is 11.1 Å². The average Bonchev–Trinajstić information content (AvgIpc) is 2.34. The maximum atomic E-state index is 11.3. The molecule has 1 atom stereocenters. The number of piperazine rings is 1. The second-order valence-corrected chi connectivity index (χ2v) is 5.07. The zero-order valence-corrected chi connectivity index (χ0v) is 11.0. The Hall–Kier alpha value is -1.39. The first-order valence-corrected chi connectivity index (χ1v) is 6.27. The molecular weight excluding hydrogens is 228 g/mol. The van der Waals surface area contributed by atoms with Crippen molar-refractivity contribution in [2.75, 3.05) is 26.7 Å². The molecule has 1 saturated heterocycles. The van der Waals surface area contributed by atoms with Crippen LogP contribution in [0.25, 0.3) is 0 Å². The fourth-order valence-corrected chi connectivity index (χ4v) is 2.31. The minimum absolute atomic E-state index is 0.398. The summed E-state index contributed by atoms with van der Waals surface area (Å²) < 4.78 is 0. The van der Waals surface area contributed by atoms with Crippen molar-refractivity contribution in [3.63, 3.8) is 0 Å². The molecule has 1 unspecified atom stereocenters. The molecule has 0 spiro atoms. The first kappa shape index (κ1) is 13.1. The molecule has 0 aromatic heterocycles. The molecule has 1 aromatic rings. The summed E-state index contributed by atoms with van der Waals surface area (Å²) in [6, 6.07) is 7.90. The number of hydrogen-bond donors (Lipinski definition) is 1. The molecule has 0 aliphatic carbocycles. The van der Waals surface area contributed by atoms with Crippen molar-refractivity contribution in [2.45, 2.75) is 19.5 Å². The van der Waals surface area contributed by atoms with Gasteiger partial charge in [0, 0.05) is 26.2 Å². The minimum Gasteiger partial charge on any atom is -0.480 e. The van der Waals surface area contributed by atoms with Crippen LogP contribution in [0.15, 0.2) is 24.3 Å². The number of carboxylic acids is 1. The Labute approximate surface area is 108 Å². The van der Waals surface area contributed by atoms with E-state index in [1.54, 1.807) is 0 Å². The number of carboxylic acid groups (broad SMARTS) is 1. The van der Waals surface area contributed by atoms with Crippen molar-refractivity contribution in [2.24, 2.45) is 0 Å². The summed E-state index contributed by atoms with van der Waals surface area (Å²) in [4.78, 5) is 15.4. The Bertz CT molecular complexity index is 416. The van der Waals surface area contributed by atoms with Gasteiger partial charge in [-0.3, -0.25) is 9.69 Å². The van der Waals surface area contributed by atoms with Crippen molar-refractivity contribution in [3.05, 3.63) is 35.4 Å². The maximum Gasteiger partial charge on any atom is 0.322 e. The summed E-state index contributed by atoms with van der Waals surface area (Å²) in [6.07, 6.45) is 0. The highest BCUT2D eigenvalue weighted by Gasteiger charge is 2.30. The third-order valence-corrected chi connectivity index (χ3v) is 3.49. The Kier molecular flexibility index (Phi) is 3.99. The zero-order chi connectivity index (χ0) is 13.1. The molecule has 4 heteroatoms. The van der Waals surface area contributed by atoms with Crippen LogP contribution >= 0.6 is 0 Å². The quantitative estimate of drug-likeness (QED) is 0.873. The highest BCUT2D eigenvalue weighted by Crippen LogP contribution is 2.14. The van der Waals surface area contributed by atoms with E-state index in [0.717, 1.165) is 13.1 Å². The molecule has 1 heterocycles. The Morgan fingerprint density at radius 2 is 2.00 bits per heavy atom. The van der Waals surface area contributed by atoms with Crippen molar-refractivity contribution in [3.8, 4) is 0 Å². The van der Waals surface area contributed by atoms with E-state index < -0.39 is 12.0 Å². The summed E-state index contributed by atoms with van der Waals surface area (Å²) in [5.41, 5.74) is 2.41. The van der Waals surface area contributed by atoms with Crippen molar-refractivity contribution in [1.29, 1.82) is 0 Å². The fraction of sp³-hybridized carbons (Fsp3) is 0.500. The molecule has 1 aliphatic heterocycles. The highest BCUT2D eigenvalue weighted by molar-refractivity contribution is 5.74. The lowest BCUT2D eigenvalue weighted by atomic mass is 10.1. The molecule has 2 rings (SSSR count). The molecule has 0 saturated carbocycles. The van der Waals surface area contributed by atoms with Crippen molar-refractivity contribution < 1.29 is 9.90 Å². The molecule has 1 aromatic carbocycles. The first-order valence-electron chi connectivity index (χ1n) is 6.27. The number of carbonyl (C=O) groups is 1. The second-order valence-electron chi connectivity index (χ2n) is 5.07. The summed E-state index contributed by atoms with van der Waals surface area (Å²) >= 11 is 0. The smallest absolute Gasteiger partial charge is 0.322 e. The lowest BCUT2D eigenvalue weighted by Gasteiger charge is -2.37. The fourth-order valence-electron chi connectivity index (χ4n) is 2.31. The predicted octanol–water partition coefficient (Wildman–Crippen LogP) is 1.20. The topological polar surface area (TPSA) is 43.8 Å². The molecule has 0 bridgehead atoms. The number of benzene rings is 1. The Morgan fingerprint density at radius 3 is 2.61 bits per heavy atom. The van der Waals surface area contributed by atoms with Gasteiger partial charge in [-0.25, -0.2) is 0 Å². The van der Waals surface area contributed by atoms with Crippen LogP contribution < -0.4 is 0 Å². The minimum atomic E-state index is -0.728. The summed E-state index contributed by atoms with van der Waals surface area (Å²) in [6.45, 7) is 5.10. The number of aryl methyl sites for hydroxylation is 1. The van der Waals surface area contributed by atoms with Gasteiger partial charge in [0.1, 0.15) is 6.04 Å². The van der Waals surface area contributed by atoms with Crippen LogP contribution in [0.1, 0.15) is 11.1 Å². The standard InChI is InChI=1S/C14H20N2O2/c1-11-3-5-12(6-4-11)9-16-8-7-15(2)10-13(16)14(17)18/h3-6,13H,7-10H2,1-2H3,(H,17,18). The highest BCUT2D eigenvalue weighted by atomic mass is 16.4. The van der Waals surface area contributed by atoms with Gasteiger partial charge < -0.3 is 10.0 Å². The molecule has 0 radical (unpaired) electrons. The van der Waals surface area contributed by atoms with Crippen molar-refractivity contribution in [1.82, 2.24) is 9.80 Å². The van der Waals surface area contributed by atoms with E-state index in [1.807, 2.05) is 11.9 Å². The number of aliphatic carboxylic acids is 1. The van der Waals surface area contributed by atoms with Crippen molar-refractivity contribution >= 4 is 5.97 Å². The van der Waals surface area contributed by atoms with E-state index in [0.29, 0.717) is 13.1 Å². The monoisotopic (exact) mass is 248 g/mol. The van der Waals surface area contributed by atoms with Crippen LogP contribution in [0.5, 0.6) is 0 Å². The molecule has 0 amide bonds. The largest absolute Gasteiger partial charge is 0.480 e. The third-order valence-electron chi connectivity index (χ3n) is 3.49. The number of likely N-dealkylation sites (N-methyl/N-ethyl adjacent to an activating group) is 1. The first-order chi connectivity index (χ1) is 8.56. The van der Waals surface area contributed by atoms with Gasteiger partial charge >= 0.3 is 5.97 Å². The molecule has 1 fully saturated rings. The van der Waals surface area contributed by atoms with E-state index >= 15 is 0 Å². The van der Waals surface area contributed by atoms with E-state index in [4.69, 9.17) is 0 Å². The van der Waals surface area contributed by atoms with Gasteiger partial charge in [0.15, 0.2) is 0 Å². The van der Waals surface area contributed by atoms with Crippen LogP contribution in [0.4, 0.5) is 0 Å². The van der Waals surface area contributed by atoms with Crippen LogP contribution in [-0.2, 0) is 11.3 Å². The zero-order valence-electron chi connectivity index (χ0n) is 11.0. The van der Waals surface area contributed by atoms with Gasteiger partial charge in [-0.1, -0.05) is 29.8 Å². The summed E-state index contributed by atoms with van der Waals surface area (Å²) in [5.74, 6) is -0.728. The van der Waals surface area contributed by atoms with Gasteiger partial charge in [0.2, 0.25) is 0 Å². The number of hydrogen-bond acceptors (Lipinski definition) is 3. The van der Waals surface area contributed by atoms with Gasteiger partial charge in [-0.2, -0.15) is 0 Å². The lowest BCUT2D eigenvalue weighted by Crippen LogP contribution is -2.54. The molecule has 1 N–H and O–H groups in total. The lowest BCUT2D eigenvalue weighted by molar-refractivity contribution is -0.145. The molecule has 18 heavy (non-hydrogen) atoms. The molecule has 4 nitrogen and oxygen atoms in total.